The molecule has 2 amide bonds. The van der Waals surface area contributed by atoms with E-state index < -0.39 is 0 Å². The van der Waals surface area contributed by atoms with Gasteiger partial charge in [-0.2, -0.15) is 0 Å². The Morgan fingerprint density at radius 3 is 2.72 bits per heavy atom. The number of carbonyl (C=O) groups is 2. The number of nitrogens with zero attached hydrogens (tertiary/aromatic N) is 1. The Morgan fingerprint density at radius 1 is 1.28 bits per heavy atom. The van der Waals surface area contributed by atoms with E-state index in [4.69, 9.17) is 4.74 Å². The number of nitrogens with one attached hydrogen (secondary N) is 1. The third-order valence-electron chi connectivity index (χ3n) is 5.47. The van der Waals surface area contributed by atoms with Crippen molar-refractivity contribution in [2.45, 2.75) is 62.5 Å². The lowest BCUT2D eigenvalue weighted by Crippen LogP contribution is -2.48. The number of anilines is 1. The van der Waals surface area contributed by atoms with Gasteiger partial charge in [0, 0.05) is 17.9 Å². The Morgan fingerprint density at radius 2 is 2.00 bits per heavy atom. The van der Waals surface area contributed by atoms with Gasteiger partial charge in [0.25, 0.3) is 0 Å². The van der Waals surface area contributed by atoms with Crippen molar-refractivity contribution in [3.05, 3.63) is 24.3 Å². The first-order chi connectivity index (χ1) is 12.0. The van der Waals surface area contributed by atoms with Gasteiger partial charge in [-0.3, -0.25) is 9.59 Å². The fourth-order valence-corrected chi connectivity index (χ4v) is 5.49. The van der Waals surface area contributed by atoms with Crippen molar-refractivity contribution in [1.29, 1.82) is 0 Å². The van der Waals surface area contributed by atoms with E-state index in [1.165, 1.54) is 12.8 Å². The van der Waals surface area contributed by atoms with Gasteiger partial charge in [-0.05, 0) is 63.3 Å². The summed E-state index contributed by atoms with van der Waals surface area (Å²) < 4.78 is 5.95. The molecule has 2 saturated heterocycles. The van der Waals surface area contributed by atoms with Crippen molar-refractivity contribution in [3.8, 4) is 5.75 Å². The maximum absolute atomic E-state index is 12.7. The van der Waals surface area contributed by atoms with E-state index in [1.807, 2.05) is 24.3 Å². The molecule has 134 valence electrons. The van der Waals surface area contributed by atoms with E-state index in [0.29, 0.717) is 18.3 Å². The van der Waals surface area contributed by atoms with Crippen LogP contribution in [0.2, 0.25) is 0 Å². The van der Waals surface area contributed by atoms with Crippen molar-refractivity contribution in [1.82, 2.24) is 4.90 Å². The summed E-state index contributed by atoms with van der Waals surface area (Å²) in [6.45, 7) is 2.06. The van der Waals surface area contributed by atoms with Crippen molar-refractivity contribution in [2.24, 2.45) is 0 Å². The third kappa shape index (κ3) is 3.24. The van der Waals surface area contributed by atoms with Gasteiger partial charge in [0.05, 0.1) is 11.0 Å². The van der Waals surface area contributed by atoms with Crippen LogP contribution in [0.5, 0.6) is 5.75 Å². The highest BCUT2D eigenvalue weighted by molar-refractivity contribution is 8.01. The number of fused-ring (bicyclic) bond motifs is 1. The van der Waals surface area contributed by atoms with E-state index in [2.05, 4.69) is 12.2 Å². The van der Waals surface area contributed by atoms with Gasteiger partial charge in [0.2, 0.25) is 11.8 Å². The summed E-state index contributed by atoms with van der Waals surface area (Å²) in [4.78, 5) is 26.4. The summed E-state index contributed by atoms with van der Waals surface area (Å²) in [7, 11) is 0. The largest absolute Gasteiger partial charge is 0.490 e. The molecular weight excluding hydrogens is 336 g/mol. The lowest BCUT2D eigenvalue weighted by atomic mass is 10.2. The topological polar surface area (TPSA) is 58.6 Å². The van der Waals surface area contributed by atoms with Gasteiger partial charge >= 0.3 is 0 Å². The third-order valence-corrected chi connectivity index (χ3v) is 6.98. The van der Waals surface area contributed by atoms with Gasteiger partial charge in [-0.25, -0.2) is 0 Å². The molecule has 4 rings (SSSR count). The van der Waals surface area contributed by atoms with Gasteiger partial charge in [0.15, 0.2) is 0 Å². The van der Waals surface area contributed by atoms with Gasteiger partial charge < -0.3 is 15.0 Å². The fourth-order valence-electron chi connectivity index (χ4n) is 4.06. The summed E-state index contributed by atoms with van der Waals surface area (Å²) in [6, 6.07) is 7.18. The molecule has 0 aromatic heterocycles. The highest BCUT2D eigenvalue weighted by Gasteiger charge is 2.52. The first-order valence-electron chi connectivity index (χ1n) is 9.09. The molecule has 5 nitrogen and oxygen atoms in total. The molecule has 1 N–H and O–H groups in total. The average Bonchev–Trinajstić information content (AvgIpc) is 3.28. The van der Waals surface area contributed by atoms with Crippen LogP contribution < -0.4 is 10.1 Å². The van der Waals surface area contributed by atoms with E-state index in [1.54, 1.807) is 16.7 Å². The highest BCUT2D eigenvalue weighted by atomic mass is 32.2. The Hall–Kier alpha value is -1.69. The number of benzene rings is 1. The number of hydrogen-bond donors (Lipinski definition) is 1. The van der Waals surface area contributed by atoms with Crippen LogP contribution in [0.3, 0.4) is 0 Å². The van der Waals surface area contributed by atoms with E-state index in [9.17, 15) is 9.59 Å². The summed E-state index contributed by atoms with van der Waals surface area (Å²) in [5.41, 5.74) is 0.744. The van der Waals surface area contributed by atoms with Crippen LogP contribution in [-0.2, 0) is 9.59 Å². The molecule has 3 fully saturated rings. The molecule has 1 aromatic rings. The summed E-state index contributed by atoms with van der Waals surface area (Å²) in [6.07, 6.45) is 6.43. The van der Waals surface area contributed by atoms with Crippen molar-refractivity contribution in [2.75, 3.05) is 11.1 Å². The molecule has 3 aliphatic rings. The number of hydrogen-bond acceptors (Lipinski definition) is 4. The maximum atomic E-state index is 12.7. The maximum Gasteiger partial charge on any atom is 0.248 e. The van der Waals surface area contributed by atoms with Crippen LogP contribution in [0.15, 0.2) is 24.3 Å². The molecule has 0 bridgehead atoms. The lowest BCUT2D eigenvalue weighted by Gasteiger charge is -2.29. The standard InChI is InChI=1S/C19H24N2O3S/c1-19-11-10-17(22)21(19)16(12-25-19)18(23)20-13-6-8-15(9-7-13)24-14-4-2-3-5-14/h6-9,14,16H,2-5,10-12H2,1H3,(H,20,23)/t16-,19+/m0/s1. The van der Waals surface area contributed by atoms with Crippen LogP contribution >= 0.6 is 11.8 Å². The number of amides is 2. The minimum absolute atomic E-state index is 0.0907. The molecule has 6 heteroatoms. The van der Waals surface area contributed by atoms with E-state index in [-0.39, 0.29) is 22.7 Å². The fraction of sp³-hybridized carbons (Fsp3) is 0.579. The average molecular weight is 360 g/mol. The minimum Gasteiger partial charge on any atom is -0.490 e. The molecule has 1 saturated carbocycles. The Labute approximate surface area is 152 Å². The first kappa shape index (κ1) is 16.8. The Bertz CT molecular complexity index is 672. The molecule has 0 unspecified atom stereocenters. The molecule has 1 aromatic carbocycles. The quantitative estimate of drug-likeness (QED) is 0.894. The smallest absolute Gasteiger partial charge is 0.248 e. The summed E-state index contributed by atoms with van der Waals surface area (Å²) >= 11 is 1.71. The molecular formula is C19H24N2O3S. The summed E-state index contributed by atoms with van der Waals surface area (Å²) in [5.74, 6) is 1.50. The Kier molecular flexibility index (Phi) is 4.40. The second-order valence-electron chi connectivity index (χ2n) is 7.30. The van der Waals surface area contributed by atoms with E-state index in [0.717, 1.165) is 30.7 Å². The van der Waals surface area contributed by atoms with Gasteiger partial charge in [-0.15, -0.1) is 11.8 Å². The SMILES string of the molecule is C[C@@]12CCC(=O)N1[C@H](C(=O)Nc1ccc(OC3CCCC3)cc1)CS2. The number of thioether (sulfide) groups is 1. The zero-order valence-corrected chi connectivity index (χ0v) is 15.3. The molecule has 2 heterocycles. The molecule has 0 radical (unpaired) electrons. The zero-order chi connectivity index (χ0) is 17.4. The number of ether oxygens (including phenoxy) is 1. The monoisotopic (exact) mass is 360 g/mol. The highest BCUT2D eigenvalue weighted by Crippen LogP contribution is 2.47. The molecule has 2 atom stereocenters. The Balaban J connectivity index is 1.38. The van der Waals surface area contributed by atoms with Crippen molar-refractivity contribution >= 4 is 29.3 Å². The predicted molar refractivity (Wildman–Crippen MR) is 98.7 cm³/mol. The predicted octanol–water partition coefficient (Wildman–Crippen LogP) is 3.40. The summed E-state index contributed by atoms with van der Waals surface area (Å²) in [5, 5.41) is 2.95. The number of rotatable bonds is 4. The van der Waals surface area contributed by atoms with Gasteiger partial charge in [-0.1, -0.05) is 0 Å². The normalized spacial score (nSPS) is 29.1. The van der Waals surface area contributed by atoms with Crippen LogP contribution in [-0.4, -0.2) is 39.5 Å². The van der Waals surface area contributed by atoms with Crippen molar-refractivity contribution < 1.29 is 14.3 Å². The van der Waals surface area contributed by atoms with Crippen LogP contribution in [0.4, 0.5) is 5.69 Å². The van der Waals surface area contributed by atoms with Crippen molar-refractivity contribution in [3.63, 3.8) is 0 Å². The molecule has 25 heavy (non-hydrogen) atoms. The molecule has 2 aliphatic heterocycles. The number of carbonyl (C=O) groups excluding carboxylic acids is 2. The van der Waals surface area contributed by atoms with Gasteiger partial charge in [0.1, 0.15) is 11.8 Å². The molecule has 1 aliphatic carbocycles. The zero-order valence-electron chi connectivity index (χ0n) is 14.5. The lowest BCUT2D eigenvalue weighted by molar-refractivity contribution is -0.135. The second-order valence-corrected chi connectivity index (χ2v) is 8.81. The second kappa shape index (κ2) is 6.56. The molecule has 0 spiro atoms. The van der Waals surface area contributed by atoms with E-state index >= 15 is 0 Å². The van der Waals surface area contributed by atoms with Crippen LogP contribution in [0.1, 0.15) is 45.4 Å². The van der Waals surface area contributed by atoms with Crippen LogP contribution in [0, 0.1) is 0 Å². The first-order valence-corrected chi connectivity index (χ1v) is 10.1. The van der Waals surface area contributed by atoms with Crippen LogP contribution in [0.25, 0.3) is 0 Å². The minimum atomic E-state index is -0.376.